The number of hydrogen-bond acceptors (Lipinski definition) is 3. The summed E-state index contributed by atoms with van der Waals surface area (Å²) < 4.78 is 0. The van der Waals surface area contributed by atoms with Gasteiger partial charge in [0.05, 0.1) is 4.91 Å². The minimum atomic E-state index is -0.292. The molecule has 2 atom stereocenters. The lowest BCUT2D eigenvalue weighted by Gasteiger charge is -1.98. The summed E-state index contributed by atoms with van der Waals surface area (Å²) in [5.74, 6) is 0.864. The van der Waals surface area contributed by atoms with E-state index in [0.29, 0.717) is 4.91 Å². The van der Waals surface area contributed by atoms with Crippen molar-refractivity contribution in [2.75, 3.05) is 5.75 Å². The van der Waals surface area contributed by atoms with E-state index in [1.807, 2.05) is 26.8 Å². The van der Waals surface area contributed by atoms with Crippen molar-refractivity contribution < 1.29 is 4.79 Å². The monoisotopic (exact) mass is 243 g/mol. The van der Waals surface area contributed by atoms with Crippen molar-refractivity contribution in [1.29, 1.82) is 5.26 Å². The Bertz CT molecular complexity index is 343. The number of hydrogen-bond donors (Lipinski definition) is 0. The molecular weight excluding hydrogens is 230 g/mol. The van der Waals surface area contributed by atoms with E-state index in [4.69, 9.17) is 16.9 Å². The van der Waals surface area contributed by atoms with Crippen molar-refractivity contribution >= 4 is 28.6 Å². The van der Waals surface area contributed by atoms with Gasteiger partial charge in [-0.05, 0) is 28.7 Å². The highest BCUT2D eigenvalue weighted by atomic mass is 35.5. The van der Waals surface area contributed by atoms with Crippen molar-refractivity contribution in [2.45, 2.75) is 20.8 Å². The molecule has 0 aliphatic heterocycles. The van der Waals surface area contributed by atoms with Crippen LogP contribution < -0.4 is 0 Å². The van der Waals surface area contributed by atoms with Crippen molar-refractivity contribution in [2.24, 2.45) is 17.3 Å². The second kappa shape index (κ2) is 4.59. The summed E-state index contributed by atoms with van der Waals surface area (Å²) in [5.41, 5.74) is -0.0881. The minimum Gasteiger partial charge on any atom is -0.281 e. The van der Waals surface area contributed by atoms with Gasteiger partial charge in [0.15, 0.2) is 0 Å². The standard InChI is InChI=1S/C11H14ClNOS/c1-4-15-7(6-13)5-8-9(10(12)14)11(8,2)3/h5,8-9H,4H2,1-3H3/b7-5-/t8-,9+/m1/s1. The van der Waals surface area contributed by atoms with Crippen LogP contribution in [-0.2, 0) is 4.79 Å². The van der Waals surface area contributed by atoms with Crippen LogP contribution in [0.3, 0.4) is 0 Å². The number of thioether (sulfide) groups is 1. The Labute approximate surface area is 99.7 Å². The molecule has 0 bridgehead atoms. The van der Waals surface area contributed by atoms with E-state index >= 15 is 0 Å². The van der Waals surface area contributed by atoms with Gasteiger partial charge in [0.1, 0.15) is 6.07 Å². The van der Waals surface area contributed by atoms with E-state index in [2.05, 4.69) is 6.07 Å². The summed E-state index contributed by atoms with van der Waals surface area (Å²) in [6.45, 7) is 6.01. The zero-order valence-electron chi connectivity index (χ0n) is 9.08. The summed E-state index contributed by atoms with van der Waals surface area (Å²) in [5, 5.41) is 8.58. The van der Waals surface area contributed by atoms with Crippen LogP contribution in [0.25, 0.3) is 0 Å². The fraction of sp³-hybridized carbons (Fsp3) is 0.636. The average molecular weight is 244 g/mol. The van der Waals surface area contributed by atoms with Crippen LogP contribution >= 0.6 is 23.4 Å². The number of carbonyl (C=O) groups excluding carboxylic acids is 1. The molecule has 0 radical (unpaired) electrons. The predicted molar refractivity (Wildman–Crippen MR) is 63.4 cm³/mol. The first-order valence-corrected chi connectivity index (χ1v) is 6.25. The Morgan fingerprint density at radius 2 is 2.27 bits per heavy atom. The van der Waals surface area contributed by atoms with Gasteiger partial charge in [0.25, 0.3) is 0 Å². The van der Waals surface area contributed by atoms with Crippen LogP contribution in [0.5, 0.6) is 0 Å². The molecule has 4 heteroatoms. The number of nitrogens with zero attached hydrogens (tertiary/aromatic N) is 1. The quantitative estimate of drug-likeness (QED) is 0.563. The maximum absolute atomic E-state index is 11.1. The molecule has 0 aromatic carbocycles. The Morgan fingerprint density at radius 3 is 2.60 bits per heavy atom. The number of halogens is 1. The molecule has 1 saturated carbocycles. The van der Waals surface area contributed by atoms with Gasteiger partial charge in [-0.25, -0.2) is 0 Å². The summed E-state index contributed by atoms with van der Waals surface area (Å²) in [7, 11) is 0. The fourth-order valence-electron chi connectivity index (χ4n) is 1.86. The highest BCUT2D eigenvalue weighted by molar-refractivity contribution is 8.03. The second-order valence-electron chi connectivity index (χ2n) is 4.20. The molecule has 0 aromatic heterocycles. The van der Waals surface area contributed by atoms with Crippen LogP contribution in [-0.4, -0.2) is 11.0 Å². The van der Waals surface area contributed by atoms with E-state index in [1.165, 1.54) is 11.8 Å². The molecule has 2 nitrogen and oxygen atoms in total. The third-order valence-electron chi connectivity index (χ3n) is 2.90. The van der Waals surface area contributed by atoms with E-state index in [0.717, 1.165) is 5.75 Å². The van der Waals surface area contributed by atoms with Crippen LogP contribution in [0.4, 0.5) is 0 Å². The molecule has 1 aliphatic rings. The first-order valence-electron chi connectivity index (χ1n) is 4.89. The van der Waals surface area contributed by atoms with Gasteiger partial charge >= 0.3 is 0 Å². The van der Waals surface area contributed by atoms with Crippen molar-refractivity contribution in [3.8, 4) is 6.07 Å². The lowest BCUT2D eigenvalue weighted by Crippen LogP contribution is -1.96. The van der Waals surface area contributed by atoms with Crippen LogP contribution in [0.15, 0.2) is 11.0 Å². The number of rotatable bonds is 4. The topological polar surface area (TPSA) is 40.9 Å². The van der Waals surface area contributed by atoms with Gasteiger partial charge in [-0.1, -0.05) is 26.8 Å². The van der Waals surface area contributed by atoms with Gasteiger partial charge < -0.3 is 0 Å². The molecule has 0 amide bonds. The van der Waals surface area contributed by atoms with E-state index in [1.54, 1.807) is 0 Å². The Hall–Kier alpha value is -0.460. The first-order chi connectivity index (χ1) is 6.95. The van der Waals surface area contributed by atoms with Crippen LogP contribution in [0.1, 0.15) is 20.8 Å². The SMILES string of the molecule is CCS/C(C#N)=C\[C@@H]1[C@@H](C(=O)Cl)C1(C)C. The summed E-state index contributed by atoms with van der Waals surface area (Å²) in [6.07, 6.45) is 1.89. The molecule has 82 valence electrons. The first kappa shape index (κ1) is 12.6. The predicted octanol–water partition coefficient (Wildman–Crippen LogP) is 3.18. The van der Waals surface area contributed by atoms with Crippen LogP contribution in [0.2, 0.25) is 0 Å². The number of nitriles is 1. The lowest BCUT2D eigenvalue weighted by molar-refractivity contribution is -0.113. The number of carbonyl (C=O) groups is 1. The molecule has 0 N–H and O–H groups in total. The van der Waals surface area contributed by atoms with Gasteiger partial charge in [0.2, 0.25) is 5.24 Å². The van der Waals surface area contributed by atoms with Gasteiger partial charge in [0, 0.05) is 5.92 Å². The average Bonchev–Trinajstić information content (AvgIpc) is 2.67. The molecule has 0 saturated heterocycles. The maximum atomic E-state index is 11.1. The maximum Gasteiger partial charge on any atom is 0.225 e. The highest BCUT2D eigenvalue weighted by Crippen LogP contribution is 2.60. The zero-order valence-corrected chi connectivity index (χ0v) is 10.7. The van der Waals surface area contributed by atoms with Gasteiger partial charge in [-0.15, -0.1) is 11.8 Å². The minimum absolute atomic E-state index is 0.0881. The summed E-state index contributed by atoms with van der Waals surface area (Å²) >= 11 is 7.01. The van der Waals surface area contributed by atoms with Gasteiger partial charge in [-0.2, -0.15) is 5.26 Å². The Kier molecular flexibility index (Phi) is 3.86. The van der Waals surface area contributed by atoms with E-state index in [9.17, 15) is 4.79 Å². The molecule has 1 aliphatic carbocycles. The Morgan fingerprint density at radius 1 is 1.67 bits per heavy atom. The molecule has 15 heavy (non-hydrogen) atoms. The lowest BCUT2D eigenvalue weighted by atomic mass is 10.1. The molecule has 0 unspecified atom stereocenters. The zero-order chi connectivity index (χ0) is 11.6. The normalized spacial score (nSPS) is 28.3. The second-order valence-corrected chi connectivity index (χ2v) is 5.88. The smallest absolute Gasteiger partial charge is 0.225 e. The molecule has 0 heterocycles. The molecule has 1 fully saturated rings. The van der Waals surface area contributed by atoms with E-state index < -0.39 is 0 Å². The third kappa shape index (κ3) is 2.56. The molecule has 0 aromatic rings. The van der Waals surface area contributed by atoms with Crippen LogP contribution in [0, 0.1) is 28.6 Å². The van der Waals surface area contributed by atoms with E-state index in [-0.39, 0.29) is 22.5 Å². The van der Waals surface area contributed by atoms with Crippen molar-refractivity contribution in [1.82, 2.24) is 0 Å². The highest BCUT2D eigenvalue weighted by Gasteiger charge is 2.60. The van der Waals surface area contributed by atoms with Crippen molar-refractivity contribution in [3.63, 3.8) is 0 Å². The van der Waals surface area contributed by atoms with Crippen molar-refractivity contribution in [3.05, 3.63) is 11.0 Å². The molecular formula is C11H14ClNOS. The largest absolute Gasteiger partial charge is 0.281 e. The fourth-order valence-corrected chi connectivity index (χ4v) is 2.89. The Balaban J connectivity index is 2.76. The summed E-state index contributed by atoms with van der Waals surface area (Å²) in [4.78, 5) is 11.8. The third-order valence-corrected chi connectivity index (χ3v) is 3.96. The molecule has 1 rings (SSSR count). The van der Waals surface area contributed by atoms with Gasteiger partial charge in [-0.3, -0.25) is 4.79 Å². The molecule has 0 spiro atoms. The summed E-state index contributed by atoms with van der Waals surface area (Å²) in [6, 6.07) is 2.14. The number of allylic oxidation sites excluding steroid dienone is 2.